The zero-order chi connectivity index (χ0) is 14.3. The number of carbonyl (C=O) groups excluding carboxylic acids is 1. The first-order valence-electron chi connectivity index (χ1n) is 6.15. The van der Waals surface area contributed by atoms with E-state index in [0.717, 1.165) is 11.3 Å². The van der Waals surface area contributed by atoms with Crippen LogP contribution in [0.3, 0.4) is 0 Å². The molecule has 1 unspecified atom stereocenters. The molecule has 0 aliphatic rings. The summed E-state index contributed by atoms with van der Waals surface area (Å²) in [4.78, 5) is 21.9. The predicted molar refractivity (Wildman–Crippen MR) is 71.3 cm³/mol. The molecule has 0 aliphatic carbocycles. The van der Waals surface area contributed by atoms with Crippen LogP contribution < -0.4 is 10.1 Å². The number of hydrogen-bond donors (Lipinski definition) is 2. The normalized spacial score (nSPS) is 11.7. The van der Waals surface area contributed by atoms with Crippen molar-refractivity contribution in [3.63, 3.8) is 0 Å². The lowest BCUT2D eigenvalue weighted by molar-refractivity contribution is -0.136. The minimum absolute atomic E-state index is 0.0529. The van der Waals surface area contributed by atoms with Crippen molar-refractivity contribution in [2.24, 2.45) is 0 Å². The van der Waals surface area contributed by atoms with Crippen LogP contribution in [0.4, 0.5) is 0 Å². The summed E-state index contributed by atoms with van der Waals surface area (Å²) >= 11 is 0. The quantitative estimate of drug-likeness (QED) is 0.788. The Morgan fingerprint density at radius 2 is 1.95 bits per heavy atom. The number of carbonyl (C=O) groups is 2. The fraction of sp³-hybridized carbons (Fsp3) is 0.429. The van der Waals surface area contributed by atoms with Gasteiger partial charge in [-0.25, -0.2) is 0 Å². The van der Waals surface area contributed by atoms with Gasteiger partial charge in [0.2, 0.25) is 5.91 Å². The lowest BCUT2D eigenvalue weighted by Gasteiger charge is -2.12. The third-order valence-corrected chi connectivity index (χ3v) is 2.84. The van der Waals surface area contributed by atoms with Crippen LogP contribution in [0.5, 0.6) is 5.75 Å². The molecule has 0 spiro atoms. The minimum atomic E-state index is -0.913. The molecule has 5 heteroatoms. The van der Waals surface area contributed by atoms with Gasteiger partial charge < -0.3 is 15.2 Å². The molecule has 0 aliphatic heterocycles. The fourth-order valence-corrected chi connectivity index (χ4v) is 1.71. The maximum atomic E-state index is 11.6. The summed E-state index contributed by atoms with van der Waals surface area (Å²) in [5.41, 5.74) is 1.05. The molecule has 0 radical (unpaired) electrons. The molecule has 0 saturated heterocycles. The Bertz CT molecular complexity index is 428. The van der Waals surface area contributed by atoms with Crippen molar-refractivity contribution in [3.05, 3.63) is 29.8 Å². The SMILES string of the molecule is COc1ccc(C(C)CC(=O)NCCC(=O)O)cc1. The number of carboxylic acids is 1. The van der Waals surface area contributed by atoms with E-state index >= 15 is 0 Å². The van der Waals surface area contributed by atoms with E-state index in [4.69, 9.17) is 9.84 Å². The van der Waals surface area contributed by atoms with Crippen LogP contribution in [0.1, 0.15) is 31.2 Å². The van der Waals surface area contributed by atoms with Gasteiger partial charge in [0.25, 0.3) is 0 Å². The molecule has 104 valence electrons. The second kappa shape index (κ2) is 7.41. The average Bonchev–Trinajstić information content (AvgIpc) is 2.38. The van der Waals surface area contributed by atoms with Crippen molar-refractivity contribution < 1.29 is 19.4 Å². The molecule has 0 bridgehead atoms. The molecule has 19 heavy (non-hydrogen) atoms. The Morgan fingerprint density at radius 1 is 1.32 bits per heavy atom. The Balaban J connectivity index is 2.42. The molecule has 0 aromatic heterocycles. The van der Waals surface area contributed by atoms with Crippen molar-refractivity contribution in [1.82, 2.24) is 5.32 Å². The molecule has 1 rings (SSSR count). The fourth-order valence-electron chi connectivity index (χ4n) is 1.71. The first kappa shape index (κ1) is 15.0. The molecule has 1 aromatic rings. The highest BCUT2D eigenvalue weighted by atomic mass is 16.5. The highest BCUT2D eigenvalue weighted by molar-refractivity contribution is 5.77. The van der Waals surface area contributed by atoms with E-state index in [1.165, 1.54) is 0 Å². The van der Waals surface area contributed by atoms with E-state index in [0.29, 0.717) is 6.42 Å². The van der Waals surface area contributed by atoms with Gasteiger partial charge in [0.05, 0.1) is 13.5 Å². The van der Waals surface area contributed by atoms with E-state index in [-0.39, 0.29) is 24.8 Å². The Kier molecular flexibility index (Phi) is 5.85. The van der Waals surface area contributed by atoms with E-state index in [1.807, 2.05) is 31.2 Å². The first-order chi connectivity index (χ1) is 9.02. The molecule has 5 nitrogen and oxygen atoms in total. The zero-order valence-corrected chi connectivity index (χ0v) is 11.2. The average molecular weight is 265 g/mol. The van der Waals surface area contributed by atoms with Crippen LogP contribution in [-0.4, -0.2) is 30.6 Å². The number of methoxy groups -OCH3 is 1. The predicted octanol–water partition coefficient (Wildman–Crippen LogP) is 1.78. The van der Waals surface area contributed by atoms with Gasteiger partial charge in [0.1, 0.15) is 5.75 Å². The Labute approximate surface area is 112 Å². The van der Waals surface area contributed by atoms with Gasteiger partial charge in [-0.05, 0) is 23.6 Å². The second-order valence-electron chi connectivity index (χ2n) is 4.37. The Morgan fingerprint density at radius 3 is 2.47 bits per heavy atom. The van der Waals surface area contributed by atoms with Gasteiger partial charge in [-0.2, -0.15) is 0 Å². The smallest absolute Gasteiger partial charge is 0.305 e. The van der Waals surface area contributed by atoms with Gasteiger partial charge in [0, 0.05) is 13.0 Å². The summed E-state index contributed by atoms with van der Waals surface area (Å²) in [6.07, 6.45) is 0.286. The summed E-state index contributed by atoms with van der Waals surface area (Å²) < 4.78 is 5.07. The summed E-state index contributed by atoms with van der Waals surface area (Å²) in [6.45, 7) is 2.13. The van der Waals surface area contributed by atoms with Gasteiger partial charge >= 0.3 is 5.97 Å². The monoisotopic (exact) mass is 265 g/mol. The number of hydrogen-bond acceptors (Lipinski definition) is 3. The van der Waals surface area contributed by atoms with Crippen molar-refractivity contribution >= 4 is 11.9 Å². The zero-order valence-electron chi connectivity index (χ0n) is 11.2. The summed E-state index contributed by atoms with van der Waals surface area (Å²) in [7, 11) is 1.61. The number of nitrogens with one attached hydrogen (secondary N) is 1. The topological polar surface area (TPSA) is 75.6 Å². The van der Waals surface area contributed by atoms with Crippen molar-refractivity contribution in [2.45, 2.75) is 25.7 Å². The van der Waals surface area contributed by atoms with Gasteiger partial charge in [-0.1, -0.05) is 19.1 Å². The maximum Gasteiger partial charge on any atom is 0.305 e. The molecular weight excluding hydrogens is 246 g/mol. The molecular formula is C14H19NO4. The van der Waals surface area contributed by atoms with Crippen LogP contribution in [0, 0.1) is 0 Å². The highest BCUT2D eigenvalue weighted by Crippen LogP contribution is 2.21. The van der Waals surface area contributed by atoms with Crippen LogP contribution in [0.25, 0.3) is 0 Å². The second-order valence-corrected chi connectivity index (χ2v) is 4.37. The van der Waals surface area contributed by atoms with Crippen LogP contribution >= 0.6 is 0 Å². The summed E-state index contributed by atoms with van der Waals surface area (Å²) in [6, 6.07) is 7.56. The summed E-state index contributed by atoms with van der Waals surface area (Å²) in [5, 5.41) is 11.1. The molecule has 0 heterocycles. The number of carboxylic acid groups (broad SMARTS) is 1. The van der Waals surface area contributed by atoms with Gasteiger partial charge in [0.15, 0.2) is 0 Å². The maximum absolute atomic E-state index is 11.6. The van der Waals surface area contributed by atoms with E-state index in [1.54, 1.807) is 7.11 Å². The largest absolute Gasteiger partial charge is 0.497 e. The Hall–Kier alpha value is -2.04. The number of ether oxygens (including phenoxy) is 1. The van der Waals surface area contributed by atoms with Gasteiger partial charge in [-0.15, -0.1) is 0 Å². The minimum Gasteiger partial charge on any atom is -0.497 e. The number of aliphatic carboxylic acids is 1. The highest BCUT2D eigenvalue weighted by Gasteiger charge is 2.11. The number of amides is 1. The third-order valence-electron chi connectivity index (χ3n) is 2.84. The van der Waals surface area contributed by atoms with Gasteiger partial charge in [-0.3, -0.25) is 9.59 Å². The van der Waals surface area contributed by atoms with Crippen LogP contribution in [0.15, 0.2) is 24.3 Å². The lowest BCUT2D eigenvalue weighted by atomic mass is 9.97. The van der Waals surface area contributed by atoms with Crippen LogP contribution in [0.2, 0.25) is 0 Å². The molecule has 0 saturated carbocycles. The van der Waals surface area contributed by atoms with Crippen LogP contribution in [-0.2, 0) is 9.59 Å². The molecule has 0 fully saturated rings. The molecule has 1 atom stereocenters. The van der Waals surface area contributed by atoms with Crippen molar-refractivity contribution in [2.75, 3.05) is 13.7 Å². The van der Waals surface area contributed by atoms with E-state index in [9.17, 15) is 9.59 Å². The van der Waals surface area contributed by atoms with Crippen molar-refractivity contribution in [3.8, 4) is 5.75 Å². The molecule has 2 N–H and O–H groups in total. The molecule has 1 aromatic carbocycles. The van der Waals surface area contributed by atoms with E-state index < -0.39 is 5.97 Å². The first-order valence-corrected chi connectivity index (χ1v) is 6.15. The molecule has 1 amide bonds. The number of benzene rings is 1. The standard InChI is InChI=1S/C14H19NO4/c1-10(9-13(16)15-8-7-14(17)18)11-3-5-12(19-2)6-4-11/h3-6,10H,7-9H2,1-2H3,(H,15,16)(H,17,18). The number of rotatable bonds is 7. The van der Waals surface area contributed by atoms with Crippen molar-refractivity contribution in [1.29, 1.82) is 0 Å². The third kappa shape index (κ3) is 5.42. The van der Waals surface area contributed by atoms with E-state index in [2.05, 4.69) is 5.32 Å². The summed E-state index contributed by atoms with van der Waals surface area (Å²) in [5.74, 6) is -0.189. The lowest BCUT2D eigenvalue weighted by Crippen LogP contribution is -2.26.